The van der Waals surface area contributed by atoms with E-state index in [1.807, 2.05) is 32.0 Å². The highest BCUT2D eigenvalue weighted by Crippen LogP contribution is 2.40. The number of carbonyl (C=O) groups excluding carboxylic acids is 2. The second-order valence-corrected chi connectivity index (χ2v) is 10.7. The van der Waals surface area contributed by atoms with Gasteiger partial charge in [0.1, 0.15) is 0 Å². The van der Waals surface area contributed by atoms with Gasteiger partial charge in [-0.05, 0) is 69.2 Å². The van der Waals surface area contributed by atoms with Gasteiger partial charge in [0.2, 0.25) is 10.0 Å². The number of carbonyl (C=O) groups is 2. The van der Waals surface area contributed by atoms with Gasteiger partial charge in [-0.3, -0.25) is 9.59 Å². The summed E-state index contributed by atoms with van der Waals surface area (Å²) >= 11 is 0. The molecule has 0 aromatic heterocycles. The second kappa shape index (κ2) is 8.52. The van der Waals surface area contributed by atoms with Crippen LogP contribution in [0.2, 0.25) is 0 Å². The van der Waals surface area contributed by atoms with E-state index in [1.54, 1.807) is 33.5 Å². The fourth-order valence-electron chi connectivity index (χ4n) is 5.01. The topological polar surface area (TPSA) is 86.8 Å². The molecule has 0 spiro atoms. The number of amides is 2. The van der Waals surface area contributed by atoms with E-state index in [0.717, 1.165) is 35.7 Å². The Labute approximate surface area is 199 Å². The highest BCUT2D eigenvalue weighted by Gasteiger charge is 2.31. The predicted octanol–water partition coefficient (Wildman–Crippen LogP) is 4.64. The van der Waals surface area contributed by atoms with E-state index in [4.69, 9.17) is 0 Å². The first kappa shape index (κ1) is 22.6. The van der Waals surface area contributed by atoms with Crippen molar-refractivity contribution in [2.24, 2.45) is 0 Å². The molecule has 1 fully saturated rings. The SMILES string of the molecule is CCN1C(=O)c2cccc3c(NC(=O)c4ccc(S(=O)(=O)N5CCCCC5C)cc4)ccc1c23. The van der Waals surface area contributed by atoms with E-state index in [-0.39, 0.29) is 22.8 Å². The summed E-state index contributed by atoms with van der Waals surface area (Å²) in [5.41, 5.74) is 2.44. The smallest absolute Gasteiger partial charge is 0.258 e. The van der Waals surface area contributed by atoms with Gasteiger partial charge in [-0.1, -0.05) is 18.6 Å². The van der Waals surface area contributed by atoms with Crippen LogP contribution in [0.15, 0.2) is 59.5 Å². The lowest BCUT2D eigenvalue weighted by Gasteiger charge is -2.32. The van der Waals surface area contributed by atoms with Crippen LogP contribution in [-0.4, -0.2) is 43.7 Å². The summed E-state index contributed by atoms with van der Waals surface area (Å²) in [6, 6.07) is 15.2. The Kier molecular flexibility index (Phi) is 5.65. The van der Waals surface area contributed by atoms with E-state index < -0.39 is 10.0 Å². The fraction of sp³-hybridized carbons (Fsp3) is 0.308. The molecule has 2 aliphatic heterocycles. The average molecular weight is 478 g/mol. The molecule has 5 rings (SSSR count). The number of hydrogen-bond donors (Lipinski definition) is 1. The molecule has 34 heavy (non-hydrogen) atoms. The summed E-state index contributed by atoms with van der Waals surface area (Å²) in [6.07, 6.45) is 2.75. The Morgan fingerprint density at radius 3 is 2.53 bits per heavy atom. The van der Waals surface area contributed by atoms with Crippen LogP contribution < -0.4 is 10.2 Å². The lowest BCUT2D eigenvalue weighted by Crippen LogP contribution is -2.41. The molecule has 0 radical (unpaired) electrons. The van der Waals surface area contributed by atoms with Gasteiger partial charge in [-0.25, -0.2) is 8.42 Å². The summed E-state index contributed by atoms with van der Waals surface area (Å²) in [5.74, 6) is -0.376. The van der Waals surface area contributed by atoms with Gasteiger partial charge in [0.15, 0.2) is 0 Å². The fourth-order valence-corrected chi connectivity index (χ4v) is 6.71. The first-order chi connectivity index (χ1) is 16.3. The summed E-state index contributed by atoms with van der Waals surface area (Å²) in [4.78, 5) is 27.6. The van der Waals surface area contributed by atoms with Crippen molar-refractivity contribution >= 4 is 44.0 Å². The third-order valence-electron chi connectivity index (χ3n) is 6.81. The van der Waals surface area contributed by atoms with Crippen LogP contribution in [-0.2, 0) is 10.0 Å². The Bertz CT molecular complexity index is 1400. The van der Waals surface area contributed by atoms with E-state index in [9.17, 15) is 18.0 Å². The molecule has 7 nitrogen and oxygen atoms in total. The van der Waals surface area contributed by atoms with E-state index in [1.165, 1.54) is 12.1 Å². The number of sulfonamides is 1. The summed E-state index contributed by atoms with van der Waals surface area (Å²) in [7, 11) is -3.59. The molecule has 2 aliphatic rings. The number of rotatable bonds is 5. The molecular weight excluding hydrogens is 450 g/mol. The first-order valence-corrected chi connectivity index (χ1v) is 13.1. The zero-order chi connectivity index (χ0) is 24.0. The number of hydrogen-bond acceptors (Lipinski definition) is 4. The first-order valence-electron chi connectivity index (χ1n) is 11.6. The molecule has 3 aromatic carbocycles. The third kappa shape index (κ3) is 3.58. The molecule has 2 heterocycles. The van der Waals surface area contributed by atoms with Crippen molar-refractivity contribution in [3.8, 4) is 0 Å². The largest absolute Gasteiger partial charge is 0.321 e. The molecule has 1 saturated heterocycles. The number of nitrogens with zero attached hydrogens (tertiary/aromatic N) is 2. The number of nitrogens with one attached hydrogen (secondary N) is 1. The third-order valence-corrected chi connectivity index (χ3v) is 8.84. The molecule has 1 N–H and O–H groups in total. The maximum atomic E-state index is 13.1. The van der Waals surface area contributed by atoms with Crippen molar-refractivity contribution in [3.63, 3.8) is 0 Å². The van der Waals surface area contributed by atoms with Crippen LogP contribution in [0.25, 0.3) is 10.8 Å². The summed E-state index contributed by atoms with van der Waals surface area (Å²) < 4.78 is 27.7. The minimum atomic E-state index is -3.59. The lowest BCUT2D eigenvalue weighted by atomic mass is 10.0. The van der Waals surface area contributed by atoms with Gasteiger partial charge in [0.05, 0.1) is 10.6 Å². The highest BCUT2D eigenvalue weighted by atomic mass is 32.2. The van der Waals surface area contributed by atoms with Crippen LogP contribution in [0.5, 0.6) is 0 Å². The van der Waals surface area contributed by atoms with Gasteiger partial charge >= 0.3 is 0 Å². The Morgan fingerprint density at radius 1 is 1.06 bits per heavy atom. The maximum absolute atomic E-state index is 13.1. The molecule has 0 saturated carbocycles. The van der Waals surface area contributed by atoms with Crippen LogP contribution in [0, 0.1) is 0 Å². The van der Waals surface area contributed by atoms with Crippen molar-refractivity contribution in [3.05, 3.63) is 65.7 Å². The monoisotopic (exact) mass is 477 g/mol. The van der Waals surface area contributed by atoms with Crippen LogP contribution in [0.4, 0.5) is 11.4 Å². The van der Waals surface area contributed by atoms with Gasteiger partial charge in [0.25, 0.3) is 11.8 Å². The zero-order valence-corrected chi connectivity index (χ0v) is 20.1. The van der Waals surface area contributed by atoms with Crippen molar-refractivity contribution in [1.29, 1.82) is 0 Å². The Hall–Kier alpha value is -3.23. The molecule has 2 amide bonds. The molecule has 0 aliphatic carbocycles. The molecule has 1 atom stereocenters. The number of anilines is 2. The van der Waals surface area contributed by atoms with Gasteiger partial charge in [-0.15, -0.1) is 0 Å². The van der Waals surface area contributed by atoms with Crippen molar-refractivity contribution in [2.75, 3.05) is 23.3 Å². The van der Waals surface area contributed by atoms with Crippen molar-refractivity contribution < 1.29 is 18.0 Å². The van der Waals surface area contributed by atoms with Crippen molar-refractivity contribution in [1.82, 2.24) is 4.31 Å². The molecule has 176 valence electrons. The lowest BCUT2D eigenvalue weighted by molar-refractivity contribution is 0.0992. The predicted molar refractivity (Wildman–Crippen MR) is 133 cm³/mol. The van der Waals surface area contributed by atoms with Crippen LogP contribution in [0.3, 0.4) is 0 Å². The van der Waals surface area contributed by atoms with E-state index >= 15 is 0 Å². The minimum absolute atomic E-state index is 0.0268. The molecule has 0 bridgehead atoms. The van der Waals surface area contributed by atoms with Gasteiger partial charge < -0.3 is 10.2 Å². The molecule has 1 unspecified atom stereocenters. The minimum Gasteiger partial charge on any atom is -0.321 e. The maximum Gasteiger partial charge on any atom is 0.258 e. The van der Waals surface area contributed by atoms with Gasteiger partial charge in [0, 0.05) is 46.7 Å². The Balaban J connectivity index is 1.41. The molecule has 8 heteroatoms. The second-order valence-electron chi connectivity index (χ2n) is 8.85. The summed E-state index contributed by atoms with van der Waals surface area (Å²) in [6.45, 7) is 4.96. The average Bonchev–Trinajstić information content (AvgIpc) is 3.13. The number of piperidine rings is 1. The molecular formula is C26H27N3O4S. The standard InChI is InChI=1S/C26H27N3O4S/c1-3-28-23-15-14-22(20-8-6-9-21(24(20)23)26(28)31)27-25(30)18-10-12-19(13-11-18)34(32,33)29-16-5-4-7-17(29)2/h6,8-15,17H,3-5,7,16H2,1-2H3,(H,27,30). The number of benzene rings is 3. The quantitative estimate of drug-likeness (QED) is 0.580. The Morgan fingerprint density at radius 2 is 1.82 bits per heavy atom. The van der Waals surface area contributed by atoms with E-state index in [2.05, 4.69) is 5.32 Å². The highest BCUT2D eigenvalue weighted by molar-refractivity contribution is 7.89. The van der Waals surface area contributed by atoms with Gasteiger partial charge in [-0.2, -0.15) is 4.31 Å². The van der Waals surface area contributed by atoms with Crippen LogP contribution >= 0.6 is 0 Å². The normalized spacial score (nSPS) is 18.5. The van der Waals surface area contributed by atoms with Crippen LogP contribution in [0.1, 0.15) is 53.8 Å². The van der Waals surface area contributed by atoms with Crippen molar-refractivity contribution in [2.45, 2.75) is 44.0 Å². The molecule has 3 aromatic rings. The van der Waals surface area contributed by atoms with E-state index in [0.29, 0.717) is 29.9 Å². The summed E-state index contributed by atoms with van der Waals surface area (Å²) in [5, 5.41) is 4.57. The zero-order valence-electron chi connectivity index (χ0n) is 19.2.